The molecule has 0 amide bonds. The first-order valence-electron chi connectivity index (χ1n) is 3.66. The van der Waals surface area contributed by atoms with Crippen molar-refractivity contribution in [3.05, 3.63) is 35.9 Å². The summed E-state index contributed by atoms with van der Waals surface area (Å²) in [6.07, 6.45) is 1.12. The topological polar surface area (TPSA) is 77.8 Å². The van der Waals surface area contributed by atoms with Crippen molar-refractivity contribution in [2.75, 3.05) is 0 Å². The van der Waals surface area contributed by atoms with Crippen LogP contribution in [0.4, 0.5) is 0 Å². The van der Waals surface area contributed by atoms with Crippen LogP contribution >= 0.6 is 7.82 Å². The fourth-order valence-corrected chi connectivity index (χ4v) is 0.657. The molecule has 0 saturated carbocycles. The van der Waals surface area contributed by atoms with E-state index in [1.54, 1.807) is 0 Å². The number of hydrogen-bond acceptors (Lipinski definition) is 1. The molecule has 0 aliphatic carbocycles. The summed E-state index contributed by atoms with van der Waals surface area (Å²) in [5.74, 6) is 0. The molecule has 0 heterocycles. The smallest absolute Gasteiger partial charge is 0.303 e. The van der Waals surface area contributed by atoms with Gasteiger partial charge >= 0.3 is 37.4 Å². The average Bonchev–Trinajstić information content (AvgIpc) is 2.03. The van der Waals surface area contributed by atoms with Crippen LogP contribution in [0.3, 0.4) is 0 Å². The SMILES string of the molecule is CCc1cc[c-]cc1.O=P(O)(O)O.[Na+]. The molecule has 0 spiro atoms. The maximum Gasteiger partial charge on any atom is 1.00 e. The molecular formula is C8H12NaO4P. The summed E-state index contributed by atoms with van der Waals surface area (Å²) in [6, 6.07) is 11.0. The Morgan fingerprint density at radius 2 is 1.64 bits per heavy atom. The summed E-state index contributed by atoms with van der Waals surface area (Å²) in [5.41, 5.74) is 1.38. The average molecular weight is 226 g/mol. The third-order valence-electron chi connectivity index (χ3n) is 1.20. The second-order valence-corrected chi connectivity index (χ2v) is 3.30. The second kappa shape index (κ2) is 8.62. The van der Waals surface area contributed by atoms with Crippen LogP contribution in [0, 0.1) is 6.07 Å². The fraction of sp³-hybridized carbons (Fsp3) is 0.250. The Labute approximate surface area is 106 Å². The molecule has 0 aliphatic heterocycles. The van der Waals surface area contributed by atoms with Crippen LogP contribution in [0.2, 0.25) is 0 Å². The zero-order valence-electron chi connectivity index (χ0n) is 8.21. The molecule has 0 atom stereocenters. The molecule has 1 aromatic rings. The standard InChI is InChI=1S/C8H9.Na.H3O4P/c1-2-8-6-4-3-5-7-8;;1-5(2,3)4/h4-7H,2H2,1H3;;(H3,1,2,3,4)/q-1;+1;. The van der Waals surface area contributed by atoms with Gasteiger partial charge in [-0.15, -0.1) is 0 Å². The Morgan fingerprint density at radius 3 is 1.86 bits per heavy atom. The Morgan fingerprint density at radius 1 is 1.29 bits per heavy atom. The maximum atomic E-state index is 8.88. The normalized spacial score (nSPS) is 9.43. The number of benzene rings is 1. The Balaban J connectivity index is 0. The van der Waals surface area contributed by atoms with E-state index in [2.05, 4.69) is 25.1 Å². The van der Waals surface area contributed by atoms with E-state index in [0.717, 1.165) is 6.42 Å². The minimum absolute atomic E-state index is 0. The number of hydrogen-bond donors (Lipinski definition) is 3. The van der Waals surface area contributed by atoms with Gasteiger partial charge in [-0.2, -0.15) is 35.9 Å². The van der Waals surface area contributed by atoms with Gasteiger partial charge in [-0.05, 0) is 0 Å². The maximum absolute atomic E-state index is 8.88. The molecule has 0 unspecified atom stereocenters. The molecule has 6 heteroatoms. The molecule has 74 valence electrons. The third kappa shape index (κ3) is 14.8. The monoisotopic (exact) mass is 226 g/mol. The first-order valence-corrected chi connectivity index (χ1v) is 5.23. The number of phosphoric acid groups is 1. The van der Waals surface area contributed by atoms with Crippen molar-refractivity contribution in [1.82, 2.24) is 0 Å². The summed E-state index contributed by atoms with van der Waals surface area (Å²) < 4.78 is 8.88. The van der Waals surface area contributed by atoms with E-state index in [0.29, 0.717) is 0 Å². The largest absolute Gasteiger partial charge is 1.00 e. The van der Waals surface area contributed by atoms with Crippen molar-refractivity contribution >= 4 is 7.82 Å². The fourth-order valence-electron chi connectivity index (χ4n) is 0.657. The molecule has 0 aromatic heterocycles. The van der Waals surface area contributed by atoms with Crippen LogP contribution in [-0.2, 0) is 11.0 Å². The molecule has 4 nitrogen and oxygen atoms in total. The summed E-state index contributed by atoms with van der Waals surface area (Å²) >= 11 is 0. The van der Waals surface area contributed by atoms with Crippen molar-refractivity contribution in [2.24, 2.45) is 0 Å². The summed E-state index contributed by atoms with van der Waals surface area (Å²) in [6.45, 7) is 2.15. The van der Waals surface area contributed by atoms with E-state index in [-0.39, 0.29) is 29.6 Å². The number of rotatable bonds is 1. The van der Waals surface area contributed by atoms with Crippen molar-refractivity contribution in [1.29, 1.82) is 0 Å². The molecule has 1 rings (SSSR count). The molecule has 1 aromatic carbocycles. The molecule has 0 aliphatic rings. The van der Waals surface area contributed by atoms with E-state index in [4.69, 9.17) is 19.2 Å². The first kappa shape index (κ1) is 16.7. The molecule has 14 heavy (non-hydrogen) atoms. The van der Waals surface area contributed by atoms with Gasteiger partial charge in [0.05, 0.1) is 0 Å². The Kier molecular flexibility index (Phi) is 10.3. The zero-order valence-corrected chi connectivity index (χ0v) is 11.1. The molecule has 0 bridgehead atoms. The van der Waals surface area contributed by atoms with E-state index in [9.17, 15) is 0 Å². The van der Waals surface area contributed by atoms with Crippen molar-refractivity contribution in [2.45, 2.75) is 13.3 Å². The summed E-state index contributed by atoms with van der Waals surface area (Å²) in [4.78, 5) is 21.6. The van der Waals surface area contributed by atoms with E-state index < -0.39 is 7.82 Å². The third-order valence-corrected chi connectivity index (χ3v) is 1.20. The van der Waals surface area contributed by atoms with Gasteiger partial charge in [-0.3, -0.25) is 0 Å². The van der Waals surface area contributed by atoms with Gasteiger partial charge in [-0.1, -0.05) is 13.3 Å². The van der Waals surface area contributed by atoms with E-state index >= 15 is 0 Å². The Bertz CT molecular complexity index is 264. The van der Waals surface area contributed by atoms with Crippen LogP contribution < -0.4 is 29.6 Å². The minimum atomic E-state index is -4.64. The second-order valence-electron chi connectivity index (χ2n) is 2.28. The predicted molar refractivity (Wildman–Crippen MR) is 48.9 cm³/mol. The van der Waals surface area contributed by atoms with Crippen LogP contribution in [0.5, 0.6) is 0 Å². The molecular weight excluding hydrogens is 214 g/mol. The molecule has 0 radical (unpaired) electrons. The van der Waals surface area contributed by atoms with Crippen molar-refractivity contribution < 1.29 is 48.8 Å². The zero-order chi connectivity index (χ0) is 10.3. The van der Waals surface area contributed by atoms with Crippen molar-refractivity contribution in [3.63, 3.8) is 0 Å². The predicted octanol–water partition coefficient (Wildman–Crippen LogP) is -1.88. The first-order chi connectivity index (χ1) is 5.93. The van der Waals surface area contributed by atoms with Gasteiger partial charge in [0, 0.05) is 0 Å². The van der Waals surface area contributed by atoms with Gasteiger partial charge < -0.3 is 14.7 Å². The minimum Gasteiger partial charge on any atom is -0.303 e. The summed E-state index contributed by atoms with van der Waals surface area (Å²) in [5, 5.41) is 0. The number of aryl methyl sites for hydroxylation is 1. The van der Waals surface area contributed by atoms with Crippen LogP contribution in [0.1, 0.15) is 12.5 Å². The van der Waals surface area contributed by atoms with Gasteiger partial charge in [0.1, 0.15) is 0 Å². The van der Waals surface area contributed by atoms with Crippen molar-refractivity contribution in [3.8, 4) is 0 Å². The quantitative estimate of drug-likeness (QED) is 0.298. The van der Waals surface area contributed by atoms with Gasteiger partial charge in [0.25, 0.3) is 0 Å². The van der Waals surface area contributed by atoms with Crippen LogP contribution in [0.15, 0.2) is 24.3 Å². The van der Waals surface area contributed by atoms with E-state index in [1.165, 1.54) is 5.56 Å². The molecule has 3 N–H and O–H groups in total. The molecule has 0 saturated heterocycles. The van der Waals surface area contributed by atoms with E-state index in [1.807, 2.05) is 12.1 Å². The van der Waals surface area contributed by atoms with Crippen LogP contribution in [0.25, 0.3) is 0 Å². The molecule has 0 fully saturated rings. The van der Waals surface area contributed by atoms with Crippen LogP contribution in [-0.4, -0.2) is 14.7 Å². The van der Waals surface area contributed by atoms with Gasteiger partial charge in [0.2, 0.25) is 0 Å². The van der Waals surface area contributed by atoms with Gasteiger partial charge in [-0.25, -0.2) is 4.57 Å². The Hall–Kier alpha value is 0.330. The van der Waals surface area contributed by atoms with Gasteiger partial charge in [0.15, 0.2) is 0 Å². The summed E-state index contributed by atoms with van der Waals surface area (Å²) in [7, 11) is -4.64.